The largest absolute Gasteiger partial charge is 0.350 e. The minimum Gasteiger partial charge on any atom is -0.350 e. The van der Waals surface area contributed by atoms with E-state index in [4.69, 9.17) is 0 Å². The van der Waals surface area contributed by atoms with Crippen LogP contribution in [-0.2, 0) is 17.9 Å². The van der Waals surface area contributed by atoms with Gasteiger partial charge in [0.1, 0.15) is 17.2 Å². The summed E-state index contributed by atoms with van der Waals surface area (Å²) in [5.41, 5.74) is 4.51. The summed E-state index contributed by atoms with van der Waals surface area (Å²) >= 11 is 3.01. The lowest BCUT2D eigenvalue weighted by Gasteiger charge is -2.08. The van der Waals surface area contributed by atoms with Gasteiger partial charge in [-0.15, -0.1) is 22.7 Å². The molecule has 6 aromatic rings. The molecular weight excluding hydrogens is 478 g/mol. The van der Waals surface area contributed by atoms with Gasteiger partial charge in [0.25, 0.3) is 5.56 Å². The molecule has 9 heteroatoms. The van der Waals surface area contributed by atoms with E-state index in [1.807, 2.05) is 71.4 Å². The molecule has 0 atom stereocenters. The molecule has 2 aromatic carbocycles. The number of nitrogens with zero attached hydrogens (tertiary/aromatic N) is 3. The van der Waals surface area contributed by atoms with E-state index in [0.29, 0.717) is 16.8 Å². The molecule has 0 aliphatic carbocycles. The number of nitrogens with one attached hydrogen (secondary N) is 2. The van der Waals surface area contributed by atoms with Crippen molar-refractivity contribution in [3.05, 3.63) is 93.7 Å². The highest BCUT2D eigenvalue weighted by Gasteiger charge is 2.15. The number of thiophene rings is 2. The highest BCUT2D eigenvalue weighted by atomic mass is 32.1. The first-order valence-corrected chi connectivity index (χ1v) is 12.7. The van der Waals surface area contributed by atoms with E-state index < -0.39 is 0 Å². The molecule has 0 spiro atoms. The second-order valence-electron chi connectivity index (χ2n) is 8.06. The van der Waals surface area contributed by atoms with Gasteiger partial charge in [-0.05, 0) is 29.1 Å². The lowest BCUT2D eigenvalue weighted by Crippen LogP contribution is -2.32. The first-order valence-electron chi connectivity index (χ1n) is 11.0. The SMILES string of the molecule is O=C(Cn1cnc2scc(-c3cccs3)c2c1=O)NCc1ccc(-c2nc3ccccc3[nH]2)cc1. The molecule has 172 valence electrons. The summed E-state index contributed by atoms with van der Waals surface area (Å²) in [6.07, 6.45) is 1.45. The number of para-hydroxylation sites is 2. The van der Waals surface area contributed by atoms with E-state index in [1.165, 1.54) is 22.2 Å². The standard InChI is InChI=1S/C26H19N5O2S2/c32-22(13-31-15-28-25-23(26(31)33)18(14-35-25)21-6-3-11-34-21)27-12-16-7-9-17(10-8-16)24-29-19-4-1-2-5-20(19)30-24/h1-11,14-15H,12-13H2,(H,27,32)(H,29,30). The van der Waals surface area contributed by atoms with Crippen molar-refractivity contribution in [2.45, 2.75) is 13.1 Å². The van der Waals surface area contributed by atoms with Gasteiger partial charge >= 0.3 is 0 Å². The highest BCUT2D eigenvalue weighted by Crippen LogP contribution is 2.33. The number of hydrogen-bond acceptors (Lipinski definition) is 6. The predicted molar refractivity (Wildman–Crippen MR) is 141 cm³/mol. The van der Waals surface area contributed by atoms with E-state index in [9.17, 15) is 9.59 Å². The normalized spacial score (nSPS) is 11.3. The van der Waals surface area contributed by atoms with E-state index in [-0.39, 0.29) is 18.0 Å². The Balaban J connectivity index is 1.14. The molecule has 0 saturated carbocycles. The van der Waals surface area contributed by atoms with Crippen LogP contribution in [0.2, 0.25) is 0 Å². The number of aromatic nitrogens is 4. The van der Waals surface area contributed by atoms with Crippen molar-refractivity contribution >= 4 is 49.8 Å². The Morgan fingerprint density at radius 2 is 1.89 bits per heavy atom. The maximum atomic E-state index is 13.1. The Morgan fingerprint density at radius 1 is 1.03 bits per heavy atom. The summed E-state index contributed by atoms with van der Waals surface area (Å²) in [5, 5.41) is 7.38. The Labute approximate surface area is 207 Å². The minimum absolute atomic E-state index is 0.0848. The van der Waals surface area contributed by atoms with Gasteiger partial charge in [-0.3, -0.25) is 14.2 Å². The Morgan fingerprint density at radius 3 is 2.69 bits per heavy atom. The van der Waals surface area contributed by atoms with Gasteiger partial charge in [-0.1, -0.05) is 42.5 Å². The number of aromatic amines is 1. The minimum atomic E-state index is -0.248. The predicted octanol–water partition coefficient (Wildman–Crippen LogP) is 5.05. The number of benzene rings is 2. The number of H-pyrrole nitrogens is 1. The molecule has 4 heterocycles. The molecule has 0 aliphatic heterocycles. The van der Waals surface area contributed by atoms with Crippen molar-refractivity contribution in [1.82, 2.24) is 24.8 Å². The van der Waals surface area contributed by atoms with Gasteiger partial charge in [-0.2, -0.15) is 0 Å². The van der Waals surface area contributed by atoms with Crippen molar-refractivity contribution in [2.24, 2.45) is 0 Å². The van der Waals surface area contributed by atoms with Crippen LogP contribution < -0.4 is 10.9 Å². The van der Waals surface area contributed by atoms with Crippen molar-refractivity contribution in [3.63, 3.8) is 0 Å². The van der Waals surface area contributed by atoms with Crippen LogP contribution in [0.3, 0.4) is 0 Å². The van der Waals surface area contributed by atoms with Crippen LogP contribution in [0.5, 0.6) is 0 Å². The molecule has 6 rings (SSSR count). The average Bonchev–Trinajstić information content (AvgIpc) is 3.64. The van der Waals surface area contributed by atoms with Crippen LogP contribution in [0, 0.1) is 0 Å². The van der Waals surface area contributed by atoms with Gasteiger partial charge < -0.3 is 10.3 Å². The fraction of sp³-hybridized carbons (Fsp3) is 0.0769. The molecule has 2 N–H and O–H groups in total. The van der Waals surface area contributed by atoms with Gasteiger partial charge in [-0.25, -0.2) is 9.97 Å². The van der Waals surface area contributed by atoms with E-state index in [1.54, 1.807) is 11.3 Å². The topological polar surface area (TPSA) is 92.7 Å². The maximum Gasteiger partial charge on any atom is 0.263 e. The van der Waals surface area contributed by atoms with Gasteiger partial charge in [0.05, 0.1) is 22.7 Å². The fourth-order valence-electron chi connectivity index (χ4n) is 3.97. The van der Waals surface area contributed by atoms with Crippen LogP contribution >= 0.6 is 22.7 Å². The third-order valence-electron chi connectivity index (χ3n) is 5.77. The summed E-state index contributed by atoms with van der Waals surface area (Å²) < 4.78 is 1.37. The second kappa shape index (κ2) is 8.94. The Kier molecular flexibility index (Phi) is 5.48. The van der Waals surface area contributed by atoms with Crippen molar-refractivity contribution in [1.29, 1.82) is 0 Å². The van der Waals surface area contributed by atoms with Gasteiger partial charge in [0.2, 0.25) is 5.91 Å². The zero-order chi connectivity index (χ0) is 23.8. The number of carbonyl (C=O) groups excluding carboxylic acids is 1. The van der Waals surface area contributed by atoms with Crippen LogP contribution in [0.25, 0.3) is 43.1 Å². The molecule has 0 bridgehead atoms. The zero-order valence-electron chi connectivity index (χ0n) is 18.4. The number of carbonyl (C=O) groups is 1. The van der Waals surface area contributed by atoms with E-state index in [0.717, 1.165) is 38.4 Å². The molecule has 0 fully saturated rings. The number of rotatable bonds is 6. The summed E-state index contributed by atoms with van der Waals surface area (Å²) in [6, 6.07) is 19.7. The molecule has 4 aromatic heterocycles. The number of imidazole rings is 1. The lowest BCUT2D eigenvalue weighted by atomic mass is 10.1. The summed E-state index contributed by atoms with van der Waals surface area (Å²) in [5.74, 6) is 0.557. The van der Waals surface area contributed by atoms with E-state index in [2.05, 4.69) is 20.3 Å². The van der Waals surface area contributed by atoms with Crippen molar-refractivity contribution < 1.29 is 4.79 Å². The zero-order valence-corrected chi connectivity index (χ0v) is 20.0. The number of fused-ring (bicyclic) bond motifs is 2. The second-order valence-corrected chi connectivity index (χ2v) is 9.87. The molecule has 0 aliphatic rings. The third-order valence-corrected chi connectivity index (χ3v) is 7.56. The van der Waals surface area contributed by atoms with Crippen molar-refractivity contribution in [3.8, 4) is 21.8 Å². The molecule has 0 radical (unpaired) electrons. The van der Waals surface area contributed by atoms with Crippen LogP contribution in [0.4, 0.5) is 0 Å². The molecule has 7 nitrogen and oxygen atoms in total. The van der Waals surface area contributed by atoms with Crippen molar-refractivity contribution in [2.75, 3.05) is 0 Å². The molecule has 35 heavy (non-hydrogen) atoms. The van der Waals surface area contributed by atoms with E-state index >= 15 is 0 Å². The number of hydrogen-bond donors (Lipinski definition) is 2. The lowest BCUT2D eigenvalue weighted by molar-refractivity contribution is -0.121. The summed E-state index contributed by atoms with van der Waals surface area (Å²) in [6.45, 7) is 0.279. The molecule has 0 unspecified atom stereocenters. The van der Waals surface area contributed by atoms with Gasteiger partial charge in [0, 0.05) is 27.9 Å². The van der Waals surface area contributed by atoms with Gasteiger partial charge in [0.15, 0.2) is 0 Å². The summed E-state index contributed by atoms with van der Waals surface area (Å²) in [7, 11) is 0. The highest BCUT2D eigenvalue weighted by molar-refractivity contribution is 7.18. The fourth-order valence-corrected chi connectivity index (χ4v) is 5.70. The molecular formula is C26H19N5O2S2. The average molecular weight is 498 g/mol. The molecule has 1 amide bonds. The Bertz CT molecular complexity index is 1680. The first kappa shape index (κ1) is 21.5. The molecule has 0 saturated heterocycles. The summed E-state index contributed by atoms with van der Waals surface area (Å²) in [4.78, 5) is 39.7. The third kappa shape index (κ3) is 4.16. The monoisotopic (exact) mass is 497 g/mol. The van der Waals surface area contributed by atoms with Crippen LogP contribution in [-0.4, -0.2) is 25.4 Å². The quantitative estimate of drug-likeness (QED) is 0.337. The number of amides is 1. The smallest absolute Gasteiger partial charge is 0.263 e. The maximum absolute atomic E-state index is 13.1. The first-order chi connectivity index (χ1) is 17.2. The Hall–Kier alpha value is -4.08. The van der Waals surface area contributed by atoms with Crippen LogP contribution in [0.1, 0.15) is 5.56 Å². The van der Waals surface area contributed by atoms with Crippen LogP contribution in [0.15, 0.2) is 82.5 Å².